The molecule has 1 aromatic carbocycles. The van der Waals surface area contributed by atoms with Crippen LogP contribution in [0.15, 0.2) is 28.8 Å². The van der Waals surface area contributed by atoms with E-state index in [0.717, 1.165) is 36.3 Å². The third-order valence-corrected chi connectivity index (χ3v) is 3.69. The Morgan fingerprint density at radius 3 is 3.05 bits per heavy atom. The Morgan fingerprint density at radius 2 is 2.25 bits per heavy atom. The van der Waals surface area contributed by atoms with Crippen LogP contribution in [0.4, 0.5) is 0 Å². The van der Waals surface area contributed by atoms with E-state index in [4.69, 9.17) is 4.52 Å². The van der Waals surface area contributed by atoms with Crippen molar-refractivity contribution >= 4 is 16.9 Å². The second kappa shape index (κ2) is 4.90. The smallest absolute Gasteiger partial charge is 0.228 e. The molecule has 1 N–H and O–H groups in total. The van der Waals surface area contributed by atoms with E-state index in [1.165, 1.54) is 0 Å². The lowest BCUT2D eigenvalue weighted by Crippen LogP contribution is -2.58. The van der Waals surface area contributed by atoms with Gasteiger partial charge in [0.05, 0.1) is 6.42 Å². The van der Waals surface area contributed by atoms with Crippen LogP contribution in [-0.4, -0.2) is 41.1 Å². The number of nitrogens with zero attached hydrogens (tertiary/aromatic N) is 2. The van der Waals surface area contributed by atoms with Gasteiger partial charge in [-0.25, -0.2) is 0 Å². The van der Waals surface area contributed by atoms with Gasteiger partial charge in [-0.2, -0.15) is 0 Å². The lowest BCUT2D eigenvalue weighted by Gasteiger charge is -2.39. The molecule has 106 valence electrons. The van der Waals surface area contributed by atoms with Crippen LogP contribution in [0.2, 0.25) is 0 Å². The fourth-order valence-corrected chi connectivity index (χ4v) is 2.67. The molecular weight excluding hydrogens is 254 g/mol. The molecule has 5 heteroatoms. The van der Waals surface area contributed by atoms with Crippen molar-refractivity contribution in [3.8, 4) is 0 Å². The molecule has 0 aliphatic carbocycles. The molecule has 5 nitrogen and oxygen atoms in total. The monoisotopic (exact) mass is 273 g/mol. The van der Waals surface area contributed by atoms with Gasteiger partial charge < -0.3 is 14.7 Å². The Bertz CT molecular complexity index is 633. The molecule has 0 saturated carbocycles. The Hall–Kier alpha value is -1.88. The standard InChI is InChI=1S/C15H19N3O2/c1-15(2)10-18(8-7-16-15)14(19)9-12-11-5-3-4-6-13(11)20-17-12/h3-6,16H,7-10H2,1-2H3. The average molecular weight is 273 g/mol. The van der Waals surface area contributed by atoms with E-state index < -0.39 is 0 Å². The van der Waals surface area contributed by atoms with Crippen LogP contribution in [0.3, 0.4) is 0 Å². The third kappa shape index (κ3) is 2.54. The van der Waals surface area contributed by atoms with Crippen LogP contribution in [-0.2, 0) is 11.2 Å². The Balaban J connectivity index is 1.76. The molecule has 1 fully saturated rings. The molecule has 3 rings (SSSR count). The van der Waals surface area contributed by atoms with Gasteiger partial charge in [0.25, 0.3) is 0 Å². The second-order valence-corrected chi connectivity index (χ2v) is 5.93. The van der Waals surface area contributed by atoms with Crippen LogP contribution < -0.4 is 5.32 Å². The molecule has 1 aliphatic rings. The number of carbonyl (C=O) groups is 1. The quantitative estimate of drug-likeness (QED) is 0.902. The summed E-state index contributed by atoms with van der Waals surface area (Å²) in [6.45, 7) is 6.52. The normalized spacial score (nSPS) is 18.4. The zero-order valence-electron chi connectivity index (χ0n) is 11.8. The summed E-state index contributed by atoms with van der Waals surface area (Å²) in [5, 5.41) is 8.36. The number of piperazine rings is 1. The summed E-state index contributed by atoms with van der Waals surface area (Å²) in [6, 6.07) is 7.64. The van der Waals surface area contributed by atoms with E-state index in [-0.39, 0.29) is 11.4 Å². The largest absolute Gasteiger partial charge is 0.356 e. The number of rotatable bonds is 2. The zero-order valence-corrected chi connectivity index (χ0v) is 11.8. The summed E-state index contributed by atoms with van der Waals surface area (Å²) < 4.78 is 5.25. The summed E-state index contributed by atoms with van der Waals surface area (Å²) in [5.74, 6) is 0.110. The minimum atomic E-state index is -0.0280. The van der Waals surface area contributed by atoms with Crippen LogP contribution in [0.1, 0.15) is 19.5 Å². The first kappa shape index (κ1) is 13.1. The summed E-state index contributed by atoms with van der Waals surface area (Å²) in [5.41, 5.74) is 1.43. The number of hydrogen-bond acceptors (Lipinski definition) is 4. The summed E-state index contributed by atoms with van der Waals surface area (Å²) in [7, 11) is 0. The fraction of sp³-hybridized carbons (Fsp3) is 0.467. The van der Waals surface area contributed by atoms with Crippen molar-refractivity contribution in [2.24, 2.45) is 0 Å². The molecule has 2 aromatic rings. The van der Waals surface area contributed by atoms with E-state index in [9.17, 15) is 4.79 Å². The number of benzene rings is 1. The molecule has 1 saturated heterocycles. The summed E-state index contributed by atoms with van der Waals surface area (Å²) in [4.78, 5) is 14.3. The third-order valence-electron chi connectivity index (χ3n) is 3.69. The number of nitrogens with one attached hydrogen (secondary N) is 1. The van der Waals surface area contributed by atoms with Gasteiger partial charge in [-0.05, 0) is 26.0 Å². The van der Waals surface area contributed by atoms with Crippen molar-refractivity contribution in [3.63, 3.8) is 0 Å². The van der Waals surface area contributed by atoms with Crippen LogP contribution in [0.5, 0.6) is 0 Å². The van der Waals surface area contributed by atoms with E-state index in [2.05, 4.69) is 24.3 Å². The van der Waals surface area contributed by atoms with Gasteiger partial charge in [-0.3, -0.25) is 4.79 Å². The maximum Gasteiger partial charge on any atom is 0.228 e. The molecule has 2 heterocycles. The van der Waals surface area contributed by atoms with Gasteiger partial charge >= 0.3 is 0 Å². The van der Waals surface area contributed by atoms with Gasteiger partial charge in [0.1, 0.15) is 5.69 Å². The molecule has 20 heavy (non-hydrogen) atoms. The minimum Gasteiger partial charge on any atom is -0.356 e. The van der Waals surface area contributed by atoms with Crippen LogP contribution in [0.25, 0.3) is 11.0 Å². The maximum absolute atomic E-state index is 12.4. The molecular formula is C15H19N3O2. The maximum atomic E-state index is 12.4. The molecule has 1 aliphatic heterocycles. The van der Waals surface area contributed by atoms with Crippen molar-refractivity contribution in [3.05, 3.63) is 30.0 Å². The Morgan fingerprint density at radius 1 is 1.45 bits per heavy atom. The number of aromatic nitrogens is 1. The van der Waals surface area contributed by atoms with Gasteiger partial charge in [0.15, 0.2) is 5.58 Å². The number of amides is 1. The van der Waals surface area contributed by atoms with Crippen LogP contribution >= 0.6 is 0 Å². The second-order valence-electron chi connectivity index (χ2n) is 5.93. The number of para-hydroxylation sites is 1. The van der Waals surface area contributed by atoms with Crippen molar-refractivity contribution in [1.82, 2.24) is 15.4 Å². The Kier molecular flexibility index (Phi) is 3.22. The predicted molar refractivity (Wildman–Crippen MR) is 76.4 cm³/mol. The summed E-state index contributed by atoms with van der Waals surface area (Å²) in [6.07, 6.45) is 0.299. The van der Waals surface area contributed by atoms with E-state index >= 15 is 0 Å². The highest BCUT2D eigenvalue weighted by Gasteiger charge is 2.29. The SMILES string of the molecule is CC1(C)CN(C(=O)Cc2noc3ccccc23)CCN1. The number of fused-ring (bicyclic) bond motifs is 1. The van der Waals surface area contributed by atoms with E-state index in [0.29, 0.717) is 6.42 Å². The van der Waals surface area contributed by atoms with Gasteiger partial charge in [0.2, 0.25) is 5.91 Å². The lowest BCUT2D eigenvalue weighted by atomic mass is 10.0. The molecule has 0 radical (unpaired) electrons. The lowest BCUT2D eigenvalue weighted by molar-refractivity contribution is -0.132. The van der Waals surface area contributed by atoms with Crippen molar-refractivity contribution in [2.75, 3.05) is 19.6 Å². The Labute approximate surface area is 117 Å². The van der Waals surface area contributed by atoms with Gasteiger partial charge in [-0.1, -0.05) is 17.3 Å². The predicted octanol–water partition coefficient (Wildman–Crippen LogP) is 1.58. The van der Waals surface area contributed by atoms with Crippen LogP contribution in [0, 0.1) is 0 Å². The first-order valence-corrected chi connectivity index (χ1v) is 6.91. The highest BCUT2D eigenvalue weighted by atomic mass is 16.5. The fourth-order valence-electron chi connectivity index (χ4n) is 2.67. The zero-order chi connectivity index (χ0) is 14.2. The molecule has 0 bridgehead atoms. The first-order chi connectivity index (χ1) is 9.55. The van der Waals surface area contributed by atoms with Gasteiger partial charge in [-0.15, -0.1) is 0 Å². The van der Waals surface area contributed by atoms with Crippen molar-refractivity contribution in [2.45, 2.75) is 25.8 Å². The van der Waals surface area contributed by atoms with E-state index in [1.807, 2.05) is 29.2 Å². The highest BCUT2D eigenvalue weighted by Crippen LogP contribution is 2.19. The molecule has 1 amide bonds. The summed E-state index contributed by atoms with van der Waals surface area (Å²) >= 11 is 0. The van der Waals surface area contributed by atoms with Gasteiger partial charge in [0, 0.05) is 30.6 Å². The molecule has 0 unspecified atom stereocenters. The molecule has 1 aromatic heterocycles. The molecule has 0 spiro atoms. The minimum absolute atomic E-state index is 0.0280. The topological polar surface area (TPSA) is 58.4 Å². The highest BCUT2D eigenvalue weighted by molar-refractivity contribution is 5.86. The molecule has 0 atom stereocenters. The number of carbonyl (C=O) groups excluding carboxylic acids is 1. The first-order valence-electron chi connectivity index (χ1n) is 6.91. The van der Waals surface area contributed by atoms with Crippen molar-refractivity contribution in [1.29, 1.82) is 0 Å². The van der Waals surface area contributed by atoms with Crippen molar-refractivity contribution < 1.29 is 9.32 Å². The average Bonchev–Trinajstić information content (AvgIpc) is 2.81. The van der Waals surface area contributed by atoms with E-state index in [1.54, 1.807) is 0 Å². The number of hydrogen-bond donors (Lipinski definition) is 1.